The minimum atomic E-state index is -0.138. The van der Waals surface area contributed by atoms with Gasteiger partial charge >= 0.3 is 0 Å². The highest BCUT2D eigenvalue weighted by atomic mass is 16.2. The van der Waals surface area contributed by atoms with Crippen molar-refractivity contribution in [2.24, 2.45) is 0 Å². The fourth-order valence-corrected chi connectivity index (χ4v) is 2.17. The number of hydrogen-bond donors (Lipinski definition) is 2. The molecule has 0 saturated carbocycles. The molecule has 0 fully saturated rings. The third kappa shape index (κ3) is 5.57. The van der Waals surface area contributed by atoms with Gasteiger partial charge in [-0.2, -0.15) is 0 Å². The van der Waals surface area contributed by atoms with E-state index >= 15 is 0 Å². The number of hydrogen-bond acceptors (Lipinski definition) is 2. The third-order valence-corrected chi connectivity index (χ3v) is 3.44. The van der Waals surface area contributed by atoms with Crippen LogP contribution in [0.4, 0.5) is 0 Å². The SMILES string of the molecule is C=CCC(C)(CCCCC)NNC(=O)c1ccccc1. The molecule has 1 amide bonds. The molecule has 0 spiro atoms. The predicted octanol–water partition coefficient (Wildman–Crippen LogP) is 3.84. The molecule has 1 aromatic carbocycles. The van der Waals surface area contributed by atoms with Gasteiger partial charge in [-0.3, -0.25) is 10.2 Å². The Morgan fingerprint density at radius 3 is 2.60 bits per heavy atom. The molecule has 3 nitrogen and oxygen atoms in total. The quantitative estimate of drug-likeness (QED) is 0.408. The number of carbonyl (C=O) groups is 1. The van der Waals surface area contributed by atoms with Crippen molar-refractivity contribution in [1.82, 2.24) is 10.9 Å². The normalized spacial score (nSPS) is 13.5. The van der Waals surface area contributed by atoms with Crippen molar-refractivity contribution < 1.29 is 4.79 Å². The van der Waals surface area contributed by atoms with E-state index in [1.807, 2.05) is 24.3 Å². The summed E-state index contributed by atoms with van der Waals surface area (Å²) >= 11 is 0. The maximum absolute atomic E-state index is 12.0. The molecule has 3 heteroatoms. The van der Waals surface area contributed by atoms with Crippen molar-refractivity contribution in [2.75, 3.05) is 0 Å². The Morgan fingerprint density at radius 1 is 1.30 bits per heavy atom. The van der Waals surface area contributed by atoms with Crippen LogP contribution in [0.25, 0.3) is 0 Å². The molecule has 0 saturated heterocycles. The Bertz CT molecular complexity index is 416. The zero-order valence-corrected chi connectivity index (χ0v) is 12.6. The monoisotopic (exact) mass is 274 g/mol. The summed E-state index contributed by atoms with van der Waals surface area (Å²) in [6.45, 7) is 8.12. The second kappa shape index (κ2) is 8.54. The van der Waals surface area contributed by atoms with Gasteiger partial charge in [0.2, 0.25) is 0 Å². The van der Waals surface area contributed by atoms with Crippen molar-refractivity contribution >= 4 is 5.91 Å². The van der Waals surface area contributed by atoms with E-state index in [0.29, 0.717) is 5.56 Å². The first-order chi connectivity index (χ1) is 9.61. The second-order valence-corrected chi connectivity index (χ2v) is 5.46. The molecule has 0 aliphatic heterocycles. The highest BCUT2D eigenvalue weighted by Crippen LogP contribution is 2.18. The van der Waals surface area contributed by atoms with Crippen LogP contribution in [0.3, 0.4) is 0 Å². The van der Waals surface area contributed by atoms with Gasteiger partial charge in [0.1, 0.15) is 0 Å². The van der Waals surface area contributed by atoms with Gasteiger partial charge in [0, 0.05) is 11.1 Å². The summed E-state index contributed by atoms with van der Waals surface area (Å²) in [5.41, 5.74) is 6.52. The van der Waals surface area contributed by atoms with Gasteiger partial charge < -0.3 is 0 Å². The Morgan fingerprint density at radius 2 is 2.00 bits per heavy atom. The van der Waals surface area contributed by atoms with E-state index in [1.54, 1.807) is 12.1 Å². The fraction of sp³-hybridized carbons (Fsp3) is 0.471. The standard InChI is InChI=1S/C17H26N2O/c1-4-6-10-14-17(3,13-5-2)19-18-16(20)15-11-8-7-9-12-15/h5,7-9,11-12,19H,2,4,6,10,13-14H2,1,3H3,(H,18,20). The molecule has 20 heavy (non-hydrogen) atoms. The first kappa shape index (κ1) is 16.4. The van der Waals surface area contributed by atoms with Gasteiger partial charge in [-0.1, -0.05) is 50.5 Å². The molecule has 1 aromatic rings. The van der Waals surface area contributed by atoms with Crippen LogP contribution >= 0.6 is 0 Å². The van der Waals surface area contributed by atoms with Gasteiger partial charge in [0.05, 0.1) is 0 Å². The van der Waals surface area contributed by atoms with Crippen LogP contribution in [0, 0.1) is 0 Å². The molecule has 2 N–H and O–H groups in total. The zero-order chi connectivity index (χ0) is 14.8. The van der Waals surface area contributed by atoms with E-state index in [4.69, 9.17) is 0 Å². The molecule has 0 aliphatic rings. The van der Waals surface area contributed by atoms with E-state index in [2.05, 4.69) is 31.3 Å². The lowest BCUT2D eigenvalue weighted by atomic mass is 9.91. The number of hydrazine groups is 1. The highest BCUT2D eigenvalue weighted by molar-refractivity contribution is 5.93. The van der Waals surface area contributed by atoms with Crippen molar-refractivity contribution in [3.05, 3.63) is 48.6 Å². The van der Waals surface area contributed by atoms with Crippen LogP contribution in [-0.4, -0.2) is 11.4 Å². The topological polar surface area (TPSA) is 41.1 Å². The lowest BCUT2D eigenvalue weighted by molar-refractivity contribution is 0.0903. The van der Waals surface area contributed by atoms with Crippen LogP contribution in [-0.2, 0) is 0 Å². The molecule has 110 valence electrons. The number of amides is 1. The van der Waals surface area contributed by atoms with Crippen molar-refractivity contribution in [3.63, 3.8) is 0 Å². The zero-order valence-electron chi connectivity index (χ0n) is 12.6. The molecule has 1 atom stereocenters. The van der Waals surface area contributed by atoms with Gasteiger partial charge in [-0.25, -0.2) is 5.43 Å². The van der Waals surface area contributed by atoms with Crippen molar-refractivity contribution in [1.29, 1.82) is 0 Å². The summed E-state index contributed by atoms with van der Waals surface area (Å²) in [5, 5.41) is 0. The molecular formula is C17H26N2O. The first-order valence-electron chi connectivity index (χ1n) is 7.35. The molecule has 1 rings (SSSR count). The summed E-state index contributed by atoms with van der Waals surface area (Å²) in [6.07, 6.45) is 7.29. The Labute approximate surface area is 122 Å². The smallest absolute Gasteiger partial charge is 0.265 e. The van der Waals surface area contributed by atoms with E-state index in [0.717, 1.165) is 19.3 Å². The van der Waals surface area contributed by atoms with Gasteiger partial charge in [0.25, 0.3) is 5.91 Å². The molecule has 0 aromatic heterocycles. The van der Waals surface area contributed by atoms with E-state index < -0.39 is 0 Å². The molecule has 0 aliphatic carbocycles. The number of rotatable bonds is 9. The van der Waals surface area contributed by atoms with Crippen molar-refractivity contribution in [3.8, 4) is 0 Å². The second-order valence-electron chi connectivity index (χ2n) is 5.46. The maximum atomic E-state index is 12.0. The number of unbranched alkanes of at least 4 members (excludes halogenated alkanes) is 2. The Balaban J connectivity index is 2.53. The summed E-state index contributed by atoms with van der Waals surface area (Å²) in [5.74, 6) is -0.101. The summed E-state index contributed by atoms with van der Waals surface area (Å²) < 4.78 is 0. The minimum absolute atomic E-state index is 0.101. The highest BCUT2D eigenvalue weighted by Gasteiger charge is 2.22. The predicted molar refractivity (Wildman–Crippen MR) is 84.4 cm³/mol. The molecular weight excluding hydrogens is 248 g/mol. The summed E-state index contributed by atoms with van der Waals surface area (Å²) in [4.78, 5) is 12.0. The van der Waals surface area contributed by atoms with E-state index in [9.17, 15) is 4.79 Å². The van der Waals surface area contributed by atoms with Gasteiger partial charge in [0.15, 0.2) is 0 Å². The fourth-order valence-electron chi connectivity index (χ4n) is 2.17. The average molecular weight is 274 g/mol. The van der Waals surface area contributed by atoms with Crippen LogP contribution in [0.5, 0.6) is 0 Å². The first-order valence-corrected chi connectivity index (χ1v) is 7.35. The largest absolute Gasteiger partial charge is 0.287 e. The maximum Gasteiger partial charge on any atom is 0.265 e. The van der Waals surface area contributed by atoms with Gasteiger partial charge in [-0.05, 0) is 31.9 Å². The van der Waals surface area contributed by atoms with E-state index in [1.165, 1.54) is 12.8 Å². The number of carbonyl (C=O) groups excluding carboxylic acids is 1. The van der Waals surface area contributed by atoms with Crippen LogP contribution in [0.2, 0.25) is 0 Å². The Hall–Kier alpha value is -1.61. The van der Waals surface area contributed by atoms with Gasteiger partial charge in [-0.15, -0.1) is 6.58 Å². The molecule has 0 radical (unpaired) electrons. The van der Waals surface area contributed by atoms with Crippen LogP contribution < -0.4 is 10.9 Å². The molecule has 1 unspecified atom stereocenters. The number of nitrogens with one attached hydrogen (secondary N) is 2. The van der Waals surface area contributed by atoms with Crippen molar-refractivity contribution in [2.45, 2.75) is 51.5 Å². The number of benzene rings is 1. The summed E-state index contributed by atoms with van der Waals surface area (Å²) in [6, 6.07) is 9.23. The third-order valence-electron chi connectivity index (χ3n) is 3.44. The average Bonchev–Trinajstić information content (AvgIpc) is 2.46. The van der Waals surface area contributed by atoms with E-state index in [-0.39, 0.29) is 11.4 Å². The Kier molecular flexibility index (Phi) is 7.02. The lowest BCUT2D eigenvalue weighted by Gasteiger charge is -2.30. The van der Waals surface area contributed by atoms with Crippen LogP contribution in [0.15, 0.2) is 43.0 Å². The molecule has 0 heterocycles. The summed E-state index contributed by atoms with van der Waals surface area (Å²) in [7, 11) is 0. The minimum Gasteiger partial charge on any atom is -0.287 e. The lowest BCUT2D eigenvalue weighted by Crippen LogP contribution is -2.52. The molecule has 0 bridgehead atoms. The van der Waals surface area contributed by atoms with Crippen LogP contribution in [0.1, 0.15) is 56.3 Å².